The number of aliphatic hydroxyl groups is 1. The Balaban J connectivity index is 1.93. The van der Waals surface area contributed by atoms with Gasteiger partial charge >= 0.3 is 5.97 Å². The Kier molecular flexibility index (Phi) is 7.48. The molecular weight excluding hydrogens is 382 g/mol. The molecule has 0 radical (unpaired) electrons. The van der Waals surface area contributed by atoms with Crippen molar-refractivity contribution in [3.63, 3.8) is 0 Å². The zero-order valence-corrected chi connectivity index (χ0v) is 16.7. The predicted molar refractivity (Wildman–Crippen MR) is 109 cm³/mol. The van der Waals surface area contributed by atoms with E-state index in [4.69, 9.17) is 0 Å². The van der Waals surface area contributed by atoms with Gasteiger partial charge in [-0.1, -0.05) is 42.2 Å². The van der Waals surface area contributed by atoms with Crippen molar-refractivity contribution in [2.24, 2.45) is 0 Å². The van der Waals surface area contributed by atoms with E-state index in [0.717, 1.165) is 16.9 Å². The van der Waals surface area contributed by atoms with Crippen LogP contribution in [-0.2, 0) is 10.5 Å². The maximum atomic E-state index is 12.3. The lowest BCUT2D eigenvalue weighted by molar-refractivity contribution is -0.138. The summed E-state index contributed by atoms with van der Waals surface area (Å²) in [6.45, 7) is 3.15. The second kappa shape index (κ2) is 9.60. The Hall–Kier alpha value is -2.27. The maximum absolute atomic E-state index is 12.3. The molecule has 3 N–H and O–H groups in total. The smallest absolute Gasteiger partial charge is 0.327 e. The monoisotopic (exact) mass is 403 g/mol. The summed E-state index contributed by atoms with van der Waals surface area (Å²) in [7, 11) is 0. The molecule has 0 saturated heterocycles. The summed E-state index contributed by atoms with van der Waals surface area (Å²) in [5, 5.41) is 21.6. The van der Waals surface area contributed by atoms with Crippen LogP contribution in [-0.4, -0.2) is 39.5 Å². The van der Waals surface area contributed by atoms with E-state index in [1.54, 1.807) is 26.0 Å². The van der Waals surface area contributed by atoms with Crippen molar-refractivity contribution in [1.82, 2.24) is 5.32 Å². The van der Waals surface area contributed by atoms with Gasteiger partial charge in [0.05, 0.1) is 9.75 Å². The van der Waals surface area contributed by atoms with Gasteiger partial charge in [-0.3, -0.25) is 4.79 Å². The molecule has 1 aromatic heterocycles. The first-order valence-corrected chi connectivity index (χ1v) is 10.2. The summed E-state index contributed by atoms with van der Waals surface area (Å²) in [4.78, 5) is 24.8. The van der Waals surface area contributed by atoms with Crippen molar-refractivity contribution in [1.29, 1.82) is 0 Å². The fourth-order valence-electron chi connectivity index (χ4n) is 2.01. The summed E-state index contributed by atoms with van der Waals surface area (Å²) in [5.74, 6) is 4.93. The third kappa shape index (κ3) is 7.47. The molecule has 0 aliphatic carbocycles. The summed E-state index contributed by atoms with van der Waals surface area (Å²) in [5.41, 5.74) is -0.0113. The molecule has 2 rings (SSSR count). The molecule has 0 saturated carbocycles. The number of thiophene rings is 1. The lowest BCUT2D eigenvalue weighted by Gasteiger charge is -2.13. The number of carbonyl (C=O) groups is 2. The van der Waals surface area contributed by atoms with Gasteiger partial charge in [-0.05, 0) is 31.5 Å². The third-order valence-electron chi connectivity index (χ3n) is 3.32. The average Bonchev–Trinajstić information content (AvgIpc) is 3.08. The second-order valence-corrected chi connectivity index (χ2v) is 8.45. The summed E-state index contributed by atoms with van der Waals surface area (Å²) >= 11 is 2.61. The minimum Gasteiger partial charge on any atom is -0.480 e. The molecule has 0 unspecified atom stereocenters. The third-order valence-corrected chi connectivity index (χ3v) is 5.43. The van der Waals surface area contributed by atoms with Crippen LogP contribution in [0.1, 0.15) is 34.0 Å². The van der Waals surface area contributed by atoms with Gasteiger partial charge in [0.1, 0.15) is 11.6 Å². The number of carboxylic acids is 1. The Labute approximate surface area is 166 Å². The van der Waals surface area contributed by atoms with Gasteiger partial charge in [0.2, 0.25) is 0 Å². The minimum atomic E-state index is -1.11. The van der Waals surface area contributed by atoms with E-state index >= 15 is 0 Å². The Morgan fingerprint density at radius 1 is 1.22 bits per heavy atom. The van der Waals surface area contributed by atoms with Crippen molar-refractivity contribution in [2.45, 2.75) is 31.2 Å². The predicted octanol–water partition coefficient (Wildman–Crippen LogP) is 2.99. The lowest BCUT2D eigenvalue weighted by Crippen LogP contribution is -2.42. The van der Waals surface area contributed by atoms with Crippen LogP contribution in [0.2, 0.25) is 0 Å². The molecule has 27 heavy (non-hydrogen) atoms. The van der Waals surface area contributed by atoms with Gasteiger partial charge in [-0.25, -0.2) is 4.79 Å². The molecule has 2 aromatic rings. The van der Waals surface area contributed by atoms with Crippen LogP contribution in [0.5, 0.6) is 0 Å². The SMILES string of the molecule is CC(C)(O)C#Cc1ccc(C(=O)N[C@H](CSCc2ccccc2)C(=O)O)s1. The lowest BCUT2D eigenvalue weighted by atomic mass is 10.1. The van der Waals surface area contributed by atoms with Gasteiger partial charge in [0.15, 0.2) is 0 Å². The zero-order chi connectivity index (χ0) is 19.9. The Bertz CT molecular complexity index is 844. The van der Waals surface area contributed by atoms with Crippen molar-refractivity contribution >= 4 is 35.0 Å². The molecule has 7 heteroatoms. The number of nitrogens with one attached hydrogen (secondary N) is 1. The second-order valence-electron chi connectivity index (χ2n) is 6.34. The van der Waals surface area contributed by atoms with Crippen LogP contribution in [0.25, 0.3) is 0 Å². The number of benzene rings is 1. The molecule has 1 amide bonds. The highest BCUT2D eigenvalue weighted by Gasteiger charge is 2.21. The van der Waals surface area contributed by atoms with Gasteiger partial charge in [0.25, 0.3) is 5.91 Å². The molecule has 0 aliphatic rings. The quantitative estimate of drug-likeness (QED) is 0.619. The normalized spacial score (nSPS) is 12.0. The molecule has 0 spiro atoms. The number of rotatable bonds is 7. The number of aliphatic carboxylic acids is 1. The summed E-state index contributed by atoms with van der Waals surface area (Å²) < 4.78 is 0. The standard InChI is InChI=1S/C20H21NO4S2/c1-20(2,25)11-10-15-8-9-17(27-15)18(22)21-16(19(23)24)13-26-12-14-6-4-3-5-7-14/h3-9,16,25H,12-13H2,1-2H3,(H,21,22)(H,23,24)/t16-/m1/s1. The summed E-state index contributed by atoms with van der Waals surface area (Å²) in [6.07, 6.45) is 0. The highest BCUT2D eigenvalue weighted by Crippen LogP contribution is 2.17. The van der Waals surface area contributed by atoms with Crippen molar-refractivity contribution in [2.75, 3.05) is 5.75 Å². The van der Waals surface area contributed by atoms with Gasteiger partial charge in [-0.2, -0.15) is 11.8 Å². The zero-order valence-electron chi connectivity index (χ0n) is 15.1. The number of hydrogen-bond acceptors (Lipinski definition) is 5. The highest BCUT2D eigenvalue weighted by molar-refractivity contribution is 7.98. The van der Waals surface area contributed by atoms with E-state index in [1.165, 1.54) is 11.8 Å². The first-order valence-electron chi connectivity index (χ1n) is 8.25. The average molecular weight is 404 g/mol. The van der Waals surface area contributed by atoms with Crippen LogP contribution in [0.4, 0.5) is 0 Å². The molecular formula is C20H21NO4S2. The van der Waals surface area contributed by atoms with Crippen molar-refractivity contribution in [3.8, 4) is 11.8 Å². The number of carbonyl (C=O) groups excluding carboxylic acids is 1. The molecule has 5 nitrogen and oxygen atoms in total. The van der Waals surface area contributed by atoms with Crippen molar-refractivity contribution in [3.05, 3.63) is 57.8 Å². The molecule has 1 atom stereocenters. The van der Waals surface area contributed by atoms with E-state index in [2.05, 4.69) is 17.2 Å². The number of carboxylic acid groups (broad SMARTS) is 1. The molecule has 0 fully saturated rings. The largest absolute Gasteiger partial charge is 0.480 e. The van der Waals surface area contributed by atoms with E-state index in [1.807, 2.05) is 30.3 Å². The van der Waals surface area contributed by atoms with Crippen LogP contribution < -0.4 is 5.32 Å². The van der Waals surface area contributed by atoms with Crippen LogP contribution >= 0.6 is 23.1 Å². The molecule has 0 bridgehead atoms. The maximum Gasteiger partial charge on any atom is 0.327 e. The van der Waals surface area contributed by atoms with Crippen LogP contribution in [0.15, 0.2) is 42.5 Å². The van der Waals surface area contributed by atoms with E-state index in [-0.39, 0.29) is 5.75 Å². The van der Waals surface area contributed by atoms with Gasteiger partial charge in [-0.15, -0.1) is 11.3 Å². The molecule has 1 heterocycles. The topological polar surface area (TPSA) is 86.6 Å². The molecule has 142 valence electrons. The van der Waals surface area contributed by atoms with E-state index < -0.39 is 23.5 Å². The number of amides is 1. The Morgan fingerprint density at radius 3 is 2.56 bits per heavy atom. The van der Waals surface area contributed by atoms with Crippen molar-refractivity contribution < 1.29 is 19.8 Å². The van der Waals surface area contributed by atoms with E-state index in [9.17, 15) is 19.8 Å². The first kappa shape index (κ1) is 21.0. The van der Waals surface area contributed by atoms with Crippen LogP contribution in [0, 0.1) is 11.8 Å². The van der Waals surface area contributed by atoms with Gasteiger partial charge in [0, 0.05) is 11.5 Å². The minimum absolute atomic E-state index is 0.271. The highest BCUT2D eigenvalue weighted by atomic mass is 32.2. The fourth-order valence-corrected chi connectivity index (χ4v) is 3.78. The molecule has 1 aromatic carbocycles. The summed E-state index contributed by atoms with van der Waals surface area (Å²) in [6, 6.07) is 12.0. The first-order chi connectivity index (χ1) is 12.7. The molecule has 0 aliphatic heterocycles. The Morgan fingerprint density at radius 2 is 1.93 bits per heavy atom. The number of hydrogen-bond donors (Lipinski definition) is 3. The van der Waals surface area contributed by atoms with Gasteiger partial charge < -0.3 is 15.5 Å². The fraction of sp³-hybridized carbons (Fsp3) is 0.300. The number of thioether (sulfide) groups is 1. The van der Waals surface area contributed by atoms with Crippen LogP contribution in [0.3, 0.4) is 0 Å². The van der Waals surface area contributed by atoms with E-state index in [0.29, 0.717) is 15.5 Å².